The van der Waals surface area contributed by atoms with Gasteiger partial charge in [-0.2, -0.15) is 4.68 Å². The summed E-state index contributed by atoms with van der Waals surface area (Å²) in [5.41, 5.74) is 3.36. The number of para-hydroxylation sites is 2. The van der Waals surface area contributed by atoms with Gasteiger partial charge in [0.25, 0.3) is 0 Å². The number of amides is 1. The van der Waals surface area contributed by atoms with Crippen molar-refractivity contribution in [3.8, 4) is 5.69 Å². The van der Waals surface area contributed by atoms with Crippen LogP contribution >= 0.6 is 0 Å². The molecule has 1 aliphatic heterocycles. The van der Waals surface area contributed by atoms with E-state index in [9.17, 15) is 4.79 Å². The number of aromatic amines is 1. The van der Waals surface area contributed by atoms with Crippen LogP contribution in [-0.4, -0.2) is 62.2 Å². The van der Waals surface area contributed by atoms with Crippen LogP contribution in [0, 0.1) is 0 Å². The lowest BCUT2D eigenvalue weighted by atomic mass is 10.1. The maximum atomic E-state index is 12.7. The standard InChI is InChI=1S/C23H25N7O/c31-22(12-6-7-18-17-24-21-11-5-4-10-20(18)21)28-13-15-29(16-14-28)23-25-26-27-30(23)19-8-2-1-3-9-19/h1-5,8-11,17,24H,6-7,12-16H2. The van der Waals surface area contributed by atoms with Crippen LogP contribution in [0.5, 0.6) is 0 Å². The third-order valence-electron chi connectivity index (χ3n) is 5.88. The molecule has 5 rings (SSSR count). The number of aromatic nitrogens is 5. The smallest absolute Gasteiger partial charge is 0.250 e. The first-order chi connectivity index (χ1) is 15.3. The highest BCUT2D eigenvalue weighted by Gasteiger charge is 2.24. The quantitative estimate of drug-likeness (QED) is 0.524. The van der Waals surface area contributed by atoms with Crippen molar-refractivity contribution >= 4 is 22.8 Å². The second-order valence-electron chi connectivity index (χ2n) is 7.81. The SMILES string of the molecule is O=C(CCCc1c[nH]c2ccccc12)N1CCN(c2nnnn2-c2ccccc2)CC1. The lowest BCUT2D eigenvalue weighted by Crippen LogP contribution is -2.49. The first kappa shape index (κ1) is 19.3. The van der Waals surface area contributed by atoms with E-state index >= 15 is 0 Å². The third-order valence-corrected chi connectivity index (χ3v) is 5.88. The highest BCUT2D eigenvalue weighted by atomic mass is 16.2. The lowest BCUT2D eigenvalue weighted by Gasteiger charge is -2.34. The Morgan fingerprint density at radius 1 is 0.968 bits per heavy atom. The highest BCUT2D eigenvalue weighted by molar-refractivity contribution is 5.83. The number of hydrogen-bond donors (Lipinski definition) is 1. The number of fused-ring (bicyclic) bond motifs is 1. The number of benzene rings is 2. The lowest BCUT2D eigenvalue weighted by molar-refractivity contribution is -0.131. The van der Waals surface area contributed by atoms with Crippen LogP contribution in [0.4, 0.5) is 5.95 Å². The molecule has 0 aliphatic carbocycles. The normalized spacial score (nSPS) is 14.3. The molecular formula is C23H25N7O. The number of piperazine rings is 1. The molecule has 0 radical (unpaired) electrons. The minimum atomic E-state index is 0.224. The molecule has 1 aliphatic rings. The zero-order valence-electron chi connectivity index (χ0n) is 17.3. The van der Waals surface area contributed by atoms with Gasteiger partial charge in [-0.05, 0) is 47.0 Å². The predicted octanol–water partition coefficient (Wildman–Crippen LogP) is 2.82. The van der Waals surface area contributed by atoms with Gasteiger partial charge in [0, 0.05) is 49.7 Å². The summed E-state index contributed by atoms with van der Waals surface area (Å²) in [5, 5.41) is 13.4. The summed E-state index contributed by atoms with van der Waals surface area (Å²) < 4.78 is 1.75. The Hall–Kier alpha value is -3.68. The Morgan fingerprint density at radius 3 is 2.58 bits per heavy atom. The summed E-state index contributed by atoms with van der Waals surface area (Å²) in [6.45, 7) is 2.82. The van der Waals surface area contributed by atoms with Gasteiger partial charge in [0.15, 0.2) is 0 Å². The van der Waals surface area contributed by atoms with Crippen LogP contribution in [0.25, 0.3) is 16.6 Å². The van der Waals surface area contributed by atoms with Crippen LogP contribution in [0.2, 0.25) is 0 Å². The first-order valence-electron chi connectivity index (χ1n) is 10.7. The van der Waals surface area contributed by atoms with Crippen molar-refractivity contribution in [1.29, 1.82) is 0 Å². The molecule has 1 fully saturated rings. The molecule has 0 atom stereocenters. The Morgan fingerprint density at radius 2 is 1.74 bits per heavy atom. The topological polar surface area (TPSA) is 82.9 Å². The van der Waals surface area contributed by atoms with E-state index in [2.05, 4.69) is 49.8 Å². The molecule has 8 nitrogen and oxygen atoms in total. The summed E-state index contributed by atoms with van der Waals surface area (Å²) in [6, 6.07) is 18.2. The number of tetrazole rings is 1. The van der Waals surface area contributed by atoms with Crippen molar-refractivity contribution in [2.45, 2.75) is 19.3 Å². The zero-order valence-corrected chi connectivity index (χ0v) is 17.3. The number of carbonyl (C=O) groups is 1. The number of anilines is 1. The van der Waals surface area contributed by atoms with Crippen LogP contribution in [-0.2, 0) is 11.2 Å². The molecule has 0 spiro atoms. The number of carbonyl (C=O) groups excluding carboxylic acids is 1. The molecule has 1 N–H and O–H groups in total. The summed E-state index contributed by atoms with van der Waals surface area (Å²) in [6.07, 6.45) is 4.39. The van der Waals surface area contributed by atoms with E-state index in [4.69, 9.17) is 0 Å². The maximum Gasteiger partial charge on any atom is 0.250 e. The summed E-state index contributed by atoms with van der Waals surface area (Å²) in [7, 11) is 0. The summed E-state index contributed by atoms with van der Waals surface area (Å²) in [5.74, 6) is 0.944. The van der Waals surface area contributed by atoms with Crippen molar-refractivity contribution in [2.24, 2.45) is 0 Å². The zero-order chi connectivity index (χ0) is 21.0. The van der Waals surface area contributed by atoms with E-state index in [1.807, 2.05) is 41.3 Å². The fourth-order valence-corrected chi connectivity index (χ4v) is 4.20. The van der Waals surface area contributed by atoms with E-state index in [0.717, 1.165) is 43.1 Å². The predicted molar refractivity (Wildman–Crippen MR) is 119 cm³/mol. The molecule has 8 heteroatoms. The number of rotatable bonds is 6. The van der Waals surface area contributed by atoms with Crippen molar-refractivity contribution in [1.82, 2.24) is 30.1 Å². The number of H-pyrrole nitrogens is 1. The van der Waals surface area contributed by atoms with E-state index in [-0.39, 0.29) is 5.91 Å². The van der Waals surface area contributed by atoms with Crippen molar-refractivity contribution in [3.63, 3.8) is 0 Å². The minimum absolute atomic E-state index is 0.224. The third kappa shape index (κ3) is 4.01. The molecule has 2 aromatic carbocycles. The molecule has 2 aromatic heterocycles. The molecule has 1 saturated heterocycles. The highest BCUT2D eigenvalue weighted by Crippen LogP contribution is 2.20. The largest absolute Gasteiger partial charge is 0.361 e. The van der Waals surface area contributed by atoms with Gasteiger partial charge in [-0.1, -0.05) is 41.5 Å². The van der Waals surface area contributed by atoms with E-state index in [0.29, 0.717) is 19.5 Å². The molecule has 0 unspecified atom stereocenters. The van der Waals surface area contributed by atoms with Crippen LogP contribution in [0.3, 0.4) is 0 Å². The molecule has 158 valence electrons. The van der Waals surface area contributed by atoms with Crippen molar-refractivity contribution in [2.75, 3.05) is 31.1 Å². The minimum Gasteiger partial charge on any atom is -0.361 e. The number of nitrogens with zero attached hydrogens (tertiary/aromatic N) is 6. The maximum absolute atomic E-state index is 12.7. The van der Waals surface area contributed by atoms with E-state index in [1.54, 1.807) is 4.68 Å². The molecule has 0 saturated carbocycles. The van der Waals surface area contributed by atoms with Crippen LogP contribution in [0.1, 0.15) is 18.4 Å². The van der Waals surface area contributed by atoms with Gasteiger partial charge >= 0.3 is 0 Å². The summed E-state index contributed by atoms with van der Waals surface area (Å²) in [4.78, 5) is 20.1. The van der Waals surface area contributed by atoms with Gasteiger partial charge in [-0.25, -0.2) is 0 Å². The molecule has 4 aromatic rings. The molecular weight excluding hydrogens is 390 g/mol. The van der Waals surface area contributed by atoms with Crippen LogP contribution in [0.15, 0.2) is 60.8 Å². The van der Waals surface area contributed by atoms with E-state index in [1.165, 1.54) is 10.9 Å². The molecule has 31 heavy (non-hydrogen) atoms. The second kappa shape index (κ2) is 8.59. The Kier molecular flexibility index (Phi) is 5.35. The average Bonchev–Trinajstić information content (AvgIpc) is 3.47. The average molecular weight is 416 g/mol. The molecule has 0 bridgehead atoms. The van der Waals surface area contributed by atoms with Gasteiger partial charge in [0.2, 0.25) is 11.9 Å². The monoisotopic (exact) mass is 415 g/mol. The van der Waals surface area contributed by atoms with Crippen molar-refractivity contribution < 1.29 is 4.79 Å². The van der Waals surface area contributed by atoms with Gasteiger partial charge in [-0.3, -0.25) is 4.79 Å². The van der Waals surface area contributed by atoms with Gasteiger partial charge in [0.1, 0.15) is 0 Å². The molecule has 1 amide bonds. The second-order valence-corrected chi connectivity index (χ2v) is 7.81. The van der Waals surface area contributed by atoms with Gasteiger partial charge in [-0.15, -0.1) is 0 Å². The molecule has 3 heterocycles. The van der Waals surface area contributed by atoms with Crippen LogP contribution < -0.4 is 4.90 Å². The number of hydrogen-bond acceptors (Lipinski definition) is 5. The fraction of sp³-hybridized carbons (Fsp3) is 0.304. The fourth-order valence-electron chi connectivity index (χ4n) is 4.20. The number of nitrogens with one attached hydrogen (secondary N) is 1. The van der Waals surface area contributed by atoms with Gasteiger partial charge in [0.05, 0.1) is 5.69 Å². The number of aryl methyl sites for hydroxylation is 1. The van der Waals surface area contributed by atoms with Crippen molar-refractivity contribution in [3.05, 3.63) is 66.4 Å². The Bertz CT molecular complexity index is 1160. The van der Waals surface area contributed by atoms with E-state index < -0.39 is 0 Å². The Balaban J connectivity index is 1.14. The Labute approximate surface area is 180 Å². The first-order valence-corrected chi connectivity index (χ1v) is 10.7. The van der Waals surface area contributed by atoms with Gasteiger partial charge < -0.3 is 14.8 Å². The summed E-state index contributed by atoms with van der Waals surface area (Å²) >= 11 is 0.